The number of imidazole rings is 1. The molecule has 4 rings (SSSR count). The number of hydrogen-bond acceptors (Lipinski definition) is 4. The Hall–Kier alpha value is -2.21. The monoisotopic (exact) mass is 326 g/mol. The Morgan fingerprint density at radius 1 is 1.26 bits per heavy atom. The van der Waals surface area contributed by atoms with Crippen molar-refractivity contribution < 1.29 is 4.79 Å². The van der Waals surface area contributed by atoms with Crippen molar-refractivity contribution in [2.45, 2.75) is 32.4 Å². The van der Waals surface area contributed by atoms with E-state index in [1.165, 1.54) is 4.70 Å². The highest BCUT2D eigenvalue weighted by Gasteiger charge is 2.19. The number of amides is 1. The van der Waals surface area contributed by atoms with Crippen LogP contribution in [0.4, 0.5) is 0 Å². The second kappa shape index (κ2) is 6.12. The van der Waals surface area contributed by atoms with Crippen LogP contribution in [0.5, 0.6) is 0 Å². The van der Waals surface area contributed by atoms with Crippen molar-refractivity contribution in [3.63, 3.8) is 0 Å². The fourth-order valence-electron chi connectivity index (χ4n) is 3.00. The molecule has 5 nitrogen and oxygen atoms in total. The number of aryl methyl sites for hydroxylation is 2. The number of fused-ring (bicyclic) bond motifs is 2. The Kier molecular flexibility index (Phi) is 3.83. The number of benzene rings is 1. The molecule has 23 heavy (non-hydrogen) atoms. The van der Waals surface area contributed by atoms with Gasteiger partial charge in [-0.15, -0.1) is 11.3 Å². The molecular weight excluding hydrogens is 308 g/mol. The van der Waals surface area contributed by atoms with Crippen molar-refractivity contribution in [3.05, 3.63) is 47.5 Å². The highest BCUT2D eigenvalue weighted by molar-refractivity contribution is 7.18. The third kappa shape index (κ3) is 2.99. The molecule has 1 aromatic carbocycles. The highest BCUT2D eigenvalue weighted by atomic mass is 32.1. The quantitative estimate of drug-likeness (QED) is 0.744. The fourth-order valence-corrected chi connectivity index (χ4v) is 3.97. The van der Waals surface area contributed by atoms with E-state index in [0.717, 1.165) is 35.7 Å². The number of aromatic nitrogens is 3. The zero-order chi connectivity index (χ0) is 15.6. The van der Waals surface area contributed by atoms with Gasteiger partial charge in [0.2, 0.25) is 5.91 Å². The van der Waals surface area contributed by atoms with Gasteiger partial charge in [-0.2, -0.15) is 0 Å². The number of carbonyl (C=O) groups excluding carboxylic acids is 1. The zero-order valence-corrected chi connectivity index (χ0v) is 13.6. The van der Waals surface area contributed by atoms with Crippen molar-refractivity contribution in [1.82, 2.24) is 19.4 Å². The first kappa shape index (κ1) is 14.4. The van der Waals surface area contributed by atoms with Crippen LogP contribution in [0.2, 0.25) is 0 Å². The molecule has 0 saturated carbocycles. The van der Waals surface area contributed by atoms with Crippen LogP contribution in [-0.4, -0.2) is 31.9 Å². The molecule has 0 N–H and O–H groups in total. The van der Waals surface area contributed by atoms with Crippen LogP contribution in [0, 0.1) is 0 Å². The largest absolute Gasteiger partial charge is 0.337 e. The molecule has 0 aliphatic carbocycles. The Morgan fingerprint density at radius 2 is 2.17 bits per heavy atom. The van der Waals surface area contributed by atoms with E-state index in [9.17, 15) is 4.79 Å². The number of nitrogens with zero attached hydrogens (tertiary/aromatic N) is 4. The second-order valence-electron chi connectivity index (χ2n) is 5.82. The Balaban J connectivity index is 1.41. The lowest BCUT2D eigenvalue weighted by Gasteiger charge is -2.19. The molecule has 3 aromatic rings. The summed E-state index contributed by atoms with van der Waals surface area (Å²) < 4.78 is 3.33. The molecule has 118 valence electrons. The van der Waals surface area contributed by atoms with E-state index < -0.39 is 0 Å². The van der Waals surface area contributed by atoms with E-state index in [1.807, 2.05) is 35.6 Å². The summed E-state index contributed by atoms with van der Waals surface area (Å²) in [5.74, 6) is 0.207. The summed E-state index contributed by atoms with van der Waals surface area (Å²) in [7, 11) is 0. The third-order valence-electron chi connectivity index (χ3n) is 4.22. The predicted molar refractivity (Wildman–Crippen MR) is 90.2 cm³/mol. The molecule has 0 spiro atoms. The van der Waals surface area contributed by atoms with Crippen LogP contribution >= 0.6 is 11.3 Å². The van der Waals surface area contributed by atoms with Gasteiger partial charge in [0, 0.05) is 32.1 Å². The molecule has 0 radical (unpaired) electrons. The minimum Gasteiger partial charge on any atom is -0.337 e. The summed E-state index contributed by atoms with van der Waals surface area (Å²) in [5.41, 5.74) is 2.15. The molecule has 0 fully saturated rings. The maximum absolute atomic E-state index is 12.5. The van der Waals surface area contributed by atoms with Crippen LogP contribution < -0.4 is 0 Å². The van der Waals surface area contributed by atoms with Crippen molar-refractivity contribution in [2.24, 2.45) is 0 Å². The van der Waals surface area contributed by atoms with Gasteiger partial charge in [0.15, 0.2) is 0 Å². The standard InChI is InChI=1S/C17H18N4OS/c22-17(20-8-3-9-21-12-18-10-13(21)11-20)7-6-16-19-14-4-1-2-5-15(14)23-16/h1-2,4-5,10,12H,3,6-9,11H2. The van der Waals surface area contributed by atoms with Gasteiger partial charge in [-0.05, 0) is 18.6 Å². The van der Waals surface area contributed by atoms with E-state index in [4.69, 9.17) is 0 Å². The van der Waals surface area contributed by atoms with Gasteiger partial charge in [-0.25, -0.2) is 9.97 Å². The molecule has 0 bridgehead atoms. The normalized spacial score (nSPS) is 14.7. The third-order valence-corrected chi connectivity index (χ3v) is 5.32. The molecule has 0 unspecified atom stereocenters. The first-order chi connectivity index (χ1) is 11.3. The van der Waals surface area contributed by atoms with E-state index in [-0.39, 0.29) is 5.91 Å². The number of para-hydroxylation sites is 1. The van der Waals surface area contributed by atoms with Gasteiger partial charge in [0.25, 0.3) is 0 Å². The molecule has 1 aliphatic heterocycles. The van der Waals surface area contributed by atoms with Crippen LogP contribution in [0.15, 0.2) is 36.8 Å². The maximum atomic E-state index is 12.5. The fraction of sp³-hybridized carbons (Fsp3) is 0.353. The number of thiazole rings is 1. The average Bonchev–Trinajstić information content (AvgIpc) is 3.13. The average molecular weight is 326 g/mol. The summed E-state index contributed by atoms with van der Waals surface area (Å²) in [5, 5.41) is 1.04. The van der Waals surface area contributed by atoms with E-state index in [2.05, 4.69) is 20.6 Å². The molecule has 0 saturated heterocycles. The van der Waals surface area contributed by atoms with Gasteiger partial charge in [0.05, 0.1) is 33.8 Å². The van der Waals surface area contributed by atoms with Gasteiger partial charge in [0.1, 0.15) is 0 Å². The molecule has 6 heteroatoms. The predicted octanol–water partition coefficient (Wildman–Crippen LogP) is 2.86. The SMILES string of the molecule is O=C(CCc1nc2ccccc2s1)N1CCCn2cncc2C1. The van der Waals surface area contributed by atoms with Crippen molar-refractivity contribution >= 4 is 27.5 Å². The zero-order valence-electron chi connectivity index (χ0n) is 12.8. The Morgan fingerprint density at radius 3 is 3.09 bits per heavy atom. The Labute approximate surface area is 138 Å². The van der Waals surface area contributed by atoms with E-state index in [0.29, 0.717) is 19.4 Å². The summed E-state index contributed by atoms with van der Waals surface area (Å²) in [6.45, 7) is 2.43. The van der Waals surface area contributed by atoms with Crippen LogP contribution in [0.1, 0.15) is 23.5 Å². The van der Waals surface area contributed by atoms with E-state index in [1.54, 1.807) is 11.3 Å². The topological polar surface area (TPSA) is 51.0 Å². The van der Waals surface area contributed by atoms with Crippen molar-refractivity contribution in [3.8, 4) is 0 Å². The van der Waals surface area contributed by atoms with Crippen LogP contribution in [-0.2, 0) is 24.3 Å². The van der Waals surface area contributed by atoms with Crippen molar-refractivity contribution in [2.75, 3.05) is 6.54 Å². The molecule has 3 heterocycles. The first-order valence-electron chi connectivity index (χ1n) is 7.91. The lowest BCUT2D eigenvalue weighted by atomic mass is 10.2. The first-order valence-corrected chi connectivity index (χ1v) is 8.72. The van der Waals surface area contributed by atoms with E-state index >= 15 is 0 Å². The van der Waals surface area contributed by atoms with Crippen LogP contribution in [0.3, 0.4) is 0 Å². The summed E-state index contributed by atoms with van der Waals surface area (Å²) in [4.78, 5) is 23.3. The minimum absolute atomic E-state index is 0.207. The number of hydrogen-bond donors (Lipinski definition) is 0. The van der Waals surface area contributed by atoms with Gasteiger partial charge in [-0.1, -0.05) is 12.1 Å². The highest BCUT2D eigenvalue weighted by Crippen LogP contribution is 2.23. The Bertz CT molecular complexity index is 805. The molecule has 0 atom stereocenters. The van der Waals surface area contributed by atoms with Crippen molar-refractivity contribution in [1.29, 1.82) is 0 Å². The summed E-state index contributed by atoms with van der Waals surface area (Å²) in [6, 6.07) is 8.12. The van der Waals surface area contributed by atoms with Crippen LogP contribution in [0.25, 0.3) is 10.2 Å². The second-order valence-corrected chi connectivity index (χ2v) is 6.94. The summed E-state index contributed by atoms with van der Waals surface area (Å²) in [6.07, 6.45) is 5.93. The molecule has 1 amide bonds. The lowest BCUT2D eigenvalue weighted by molar-refractivity contribution is -0.131. The molecular formula is C17H18N4OS. The minimum atomic E-state index is 0.207. The smallest absolute Gasteiger partial charge is 0.223 e. The molecule has 1 aliphatic rings. The number of carbonyl (C=O) groups is 1. The van der Waals surface area contributed by atoms with Gasteiger partial charge >= 0.3 is 0 Å². The maximum Gasteiger partial charge on any atom is 0.223 e. The lowest BCUT2D eigenvalue weighted by Crippen LogP contribution is -2.30. The molecule has 2 aromatic heterocycles. The summed E-state index contributed by atoms with van der Waals surface area (Å²) >= 11 is 1.68. The van der Waals surface area contributed by atoms with Gasteiger partial charge in [-0.3, -0.25) is 4.79 Å². The number of rotatable bonds is 3. The van der Waals surface area contributed by atoms with Gasteiger partial charge < -0.3 is 9.47 Å².